The number of halogens is 6. The number of carboxylic acids is 1. The number of aromatic nitrogens is 1. The van der Waals surface area contributed by atoms with Crippen LogP contribution >= 0.6 is 0 Å². The molecule has 2 amide bonds. The highest BCUT2D eigenvalue weighted by molar-refractivity contribution is 5.97. The van der Waals surface area contributed by atoms with Crippen LogP contribution in [0, 0.1) is 0 Å². The predicted molar refractivity (Wildman–Crippen MR) is 160 cm³/mol. The number of carbonyl (C=O) groups is 4. The number of benzene rings is 3. The van der Waals surface area contributed by atoms with E-state index in [1.807, 2.05) is 0 Å². The first-order chi connectivity index (χ1) is 23.0. The number of amides is 2. The maximum absolute atomic E-state index is 13.5. The molecule has 2 N–H and O–H groups in total. The molecule has 0 bridgehead atoms. The van der Waals surface area contributed by atoms with Crippen LogP contribution in [-0.4, -0.2) is 52.4 Å². The number of pyridine rings is 1. The van der Waals surface area contributed by atoms with Crippen molar-refractivity contribution in [3.05, 3.63) is 119 Å². The van der Waals surface area contributed by atoms with Crippen LogP contribution in [0.15, 0.2) is 85.1 Å². The molecular formula is C33H25F6N3O7. The van der Waals surface area contributed by atoms with E-state index in [1.165, 1.54) is 61.7 Å². The molecule has 16 heteroatoms. The fourth-order valence-electron chi connectivity index (χ4n) is 4.45. The summed E-state index contributed by atoms with van der Waals surface area (Å²) in [7, 11) is 1.22. The van der Waals surface area contributed by atoms with Gasteiger partial charge in [-0.2, -0.15) is 26.3 Å². The molecular weight excluding hydrogens is 664 g/mol. The molecule has 10 nitrogen and oxygen atoms in total. The molecule has 49 heavy (non-hydrogen) atoms. The molecule has 0 aliphatic rings. The Hall–Kier alpha value is -5.93. The summed E-state index contributed by atoms with van der Waals surface area (Å²) in [6.07, 6.45) is -9.27. The van der Waals surface area contributed by atoms with Gasteiger partial charge in [0.2, 0.25) is 5.91 Å². The highest BCUT2D eigenvalue weighted by Gasteiger charge is 2.34. The predicted octanol–water partition coefficient (Wildman–Crippen LogP) is 6.26. The van der Waals surface area contributed by atoms with E-state index in [4.69, 9.17) is 9.47 Å². The largest absolute Gasteiger partial charge is 0.497 e. The number of nitrogens with one attached hydrogen (secondary N) is 1. The Morgan fingerprint density at radius 3 is 2.00 bits per heavy atom. The summed E-state index contributed by atoms with van der Waals surface area (Å²) in [5.74, 6) is -3.74. The quantitative estimate of drug-likeness (QED) is 0.107. The Balaban J connectivity index is 1.39. The van der Waals surface area contributed by atoms with Gasteiger partial charge in [-0.1, -0.05) is 18.2 Å². The first-order valence-corrected chi connectivity index (χ1v) is 14.0. The molecule has 0 saturated carbocycles. The first kappa shape index (κ1) is 35.9. The molecule has 0 aliphatic heterocycles. The summed E-state index contributed by atoms with van der Waals surface area (Å²) in [6.45, 7) is -0.886. The summed E-state index contributed by atoms with van der Waals surface area (Å²) in [4.78, 5) is 53.8. The van der Waals surface area contributed by atoms with Crippen molar-refractivity contribution in [3.8, 4) is 11.5 Å². The second-order valence-corrected chi connectivity index (χ2v) is 10.3. The van der Waals surface area contributed by atoms with Crippen LogP contribution in [-0.2, 0) is 34.9 Å². The van der Waals surface area contributed by atoms with Crippen molar-refractivity contribution >= 4 is 29.4 Å². The van der Waals surface area contributed by atoms with Gasteiger partial charge in [0.1, 0.15) is 23.7 Å². The summed E-state index contributed by atoms with van der Waals surface area (Å²) < 4.78 is 88.6. The monoisotopic (exact) mass is 689 g/mol. The lowest BCUT2D eigenvalue weighted by Crippen LogP contribution is -2.35. The Morgan fingerprint density at radius 2 is 1.45 bits per heavy atom. The van der Waals surface area contributed by atoms with E-state index in [1.54, 1.807) is 0 Å². The van der Waals surface area contributed by atoms with Gasteiger partial charge in [0.15, 0.2) is 0 Å². The second-order valence-electron chi connectivity index (χ2n) is 10.3. The lowest BCUT2D eigenvalue weighted by atomic mass is 10.0. The first-order valence-electron chi connectivity index (χ1n) is 14.0. The Kier molecular flexibility index (Phi) is 10.9. The smallest absolute Gasteiger partial charge is 0.433 e. The highest BCUT2D eigenvalue weighted by atomic mass is 19.4. The van der Waals surface area contributed by atoms with Gasteiger partial charge >= 0.3 is 24.3 Å². The van der Waals surface area contributed by atoms with Gasteiger partial charge in [-0.15, -0.1) is 0 Å². The fourth-order valence-corrected chi connectivity index (χ4v) is 4.45. The van der Waals surface area contributed by atoms with Gasteiger partial charge in [0.25, 0.3) is 5.91 Å². The zero-order valence-corrected chi connectivity index (χ0v) is 25.3. The van der Waals surface area contributed by atoms with E-state index in [0.29, 0.717) is 11.6 Å². The molecule has 0 spiro atoms. The number of carbonyl (C=O) groups excluding carboxylic acids is 3. The number of esters is 1. The molecule has 256 valence electrons. The summed E-state index contributed by atoms with van der Waals surface area (Å²) in [5.41, 5.74) is -2.05. The van der Waals surface area contributed by atoms with Gasteiger partial charge in [-0.3, -0.25) is 19.4 Å². The summed E-state index contributed by atoms with van der Waals surface area (Å²) in [5, 5.41) is 11.9. The third-order valence-corrected chi connectivity index (χ3v) is 6.80. The number of carboxylic acid groups (broad SMARTS) is 1. The minimum Gasteiger partial charge on any atom is -0.497 e. The Bertz CT molecular complexity index is 1830. The lowest BCUT2D eigenvalue weighted by molar-refractivity contribution is -0.141. The second kappa shape index (κ2) is 14.9. The number of hydrogen-bond acceptors (Lipinski definition) is 7. The maximum Gasteiger partial charge on any atom is 0.433 e. The molecule has 0 aliphatic carbocycles. The minimum absolute atomic E-state index is 0.0176. The van der Waals surface area contributed by atoms with E-state index in [2.05, 4.69) is 10.3 Å². The molecule has 1 aromatic heterocycles. The molecule has 3 aromatic carbocycles. The van der Waals surface area contributed by atoms with E-state index >= 15 is 0 Å². The van der Waals surface area contributed by atoms with Crippen LogP contribution in [0.25, 0.3) is 0 Å². The van der Waals surface area contributed by atoms with Crippen LogP contribution in [0.3, 0.4) is 0 Å². The third-order valence-electron chi connectivity index (χ3n) is 6.80. The van der Waals surface area contributed by atoms with Crippen molar-refractivity contribution in [2.24, 2.45) is 0 Å². The number of anilines is 1. The van der Waals surface area contributed by atoms with Crippen LogP contribution in [0.2, 0.25) is 0 Å². The Morgan fingerprint density at radius 1 is 0.816 bits per heavy atom. The number of hydrogen-bond donors (Lipinski definition) is 2. The van der Waals surface area contributed by atoms with Gasteiger partial charge in [0.05, 0.1) is 24.7 Å². The number of alkyl halides is 6. The van der Waals surface area contributed by atoms with Crippen molar-refractivity contribution in [1.82, 2.24) is 9.88 Å². The molecule has 0 radical (unpaired) electrons. The fraction of sp³-hybridized carbons (Fsp3) is 0.182. The minimum atomic E-state index is -4.72. The van der Waals surface area contributed by atoms with Crippen molar-refractivity contribution < 1.29 is 60.1 Å². The van der Waals surface area contributed by atoms with Crippen LogP contribution in [0.1, 0.15) is 43.1 Å². The highest BCUT2D eigenvalue weighted by Crippen LogP contribution is 2.35. The molecule has 0 atom stereocenters. The average Bonchev–Trinajstić information content (AvgIpc) is 3.04. The van der Waals surface area contributed by atoms with Gasteiger partial charge in [-0.05, 0) is 71.8 Å². The van der Waals surface area contributed by atoms with Gasteiger partial charge in [-0.25, -0.2) is 4.79 Å². The molecule has 0 saturated heterocycles. The number of rotatable bonds is 11. The number of nitrogens with zero attached hydrogens (tertiary/aromatic N) is 2. The van der Waals surface area contributed by atoms with E-state index in [0.717, 1.165) is 29.3 Å². The number of aliphatic carboxylic acids is 1. The molecule has 1 heterocycles. The summed E-state index contributed by atoms with van der Waals surface area (Å²) in [6, 6.07) is 15.6. The molecule has 0 unspecified atom stereocenters. The maximum atomic E-state index is 13.5. The SMILES string of the molecule is COc1ccc(CC(=O)Nc2ccc(C(=O)N(CC(=O)O)Cc3ccc(OC(=O)c4ccc(C(F)(F)F)nc4)cc3)cc2)c(C(F)(F)F)c1. The molecule has 0 fully saturated rings. The van der Waals surface area contributed by atoms with E-state index in [9.17, 15) is 50.6 Å². The zero-order chi connectivity index (χ0) is 35.9. The topological polar surface area (TPSA) is 135 Å². The molecule has 4 rings (SSSR count). The lowest BCUT2D eigenvalue weighted by Gasteiger charge is -2.21. The van der Waals surface area contributed by atoms with Crippen LogP contribution < -0.4 is 14.8 Å². The normalized spacial score (nSPS) is 11.4. The zero-order valence-electron chi connectivity index (χ0n) is 25.3. The van der Waals surface area contributed by atoms with Crippen molar-refractivity contribution in [2.75, 3.05) is 19.0 Å². The Labute approximate surface area is 273 Å². The van der Waals surface area contributed by atoms with Crippen molar-refractivity contribution in [2.45, 2.75) is 25.3 Å². The van der Waals surface area contributed by atoms with E-state index < -0.39 is 60.3 Å². The van der Waals surface area contributed by atoms with E-state index in [-0.39, 0.29) is 40.4 Å². The van der Waals surface area contributed by atoms with Gasteiger partial charge in [0, 0.05) is 24.0 Å². The van der Waals surface area contributed by atoms with Crippen LogP contribution in [0.5, 0.6) is 11.5 Å². The van der Waals surface area contributed by atoms with Crippen LogP contribution in [0.4, 0.5) is 32.0 Å². The number of methoxy groups -OCH3 is 1. The molecule has 4 aromatic rings. The van der Waals surface area contributed by atoms with Crippen molar-refractivity contribution in [1.29, 1.82) is 0 Å². The van der Waals surface area contributed by atoms with Gasteiger partial charge < -0.3 is 24.8 Å². The number of ether oxygens (including phenoxy) is 2. The van der Waals surface area contributed by atoms with Crippen molar-refractivity contribution in [3.63, 3.8) is 0 Å². The third kappa shape index (κ3) is 9.79. The standard InChI is InChI=1S/C33H25F6N3O7/c1-48-25-12-6-21(26(15-25)32(34,35)36)14-28(43)41-23-8-4-20(5-9-23)30(46)42(18-29(44)45)17-19-2-10-24(11-3-19)49-31(47)22-7-13-27(40-16-22)33(37,38)39/h2-13,15-16H,14,17-18H2,1H3,(H,41,43)(H,44,45). The summed E-state index contributed by atoms with van der Waals surface area (Å²) >= 11 is 0. The average molecular weight is 690 g/mol.